The summed E-state index contributed by atoms with van der Waals surface area (Å²) in [5.41, 5.74) is 0.736. The first-order chi connectivity index (χ1) is 9.29. The molecule has 0 radical (unpaired) electrons. The third-order valence-electron chi connectivity index (χ3n) is 4.09. The van der Waals surface area contributed by atoms with E-state index >= 15 is 0 Å². The molecule has 3 heterocycles. The van der Waals surface area contributed by atoms with E-state index in [1.165, 1.54) is 0 Å². The fourth-order valence-electron chi connectivity index (χ4n) is 3.18. The number of hydrogen-bond donors (Lipinski definition) is 1. The van der Waals surface area contributed by atoms with Crippen LogP contribution in [-0.2, 0) is 9.47 Å². The number of nitrogens with one attached hydrogen (secondary N) is 1. The fraction of sp³-hybridized carbons (Fsp3) is 0.643. The number of hydrogen-bond acceptors (Lipinski definition) is 3. The van der Waals surface area contributed by atoms with Crippen molar-refractivity contribution in [1.82, 2.24) is 9.88 Å². The van der Waals surface area contributed by atoms with E-state index in [-0.39, 0.29) is 24.2 Å². The molecule has 5 nitrogen and oxygen atoms in total. The standard InChI is InChI=1S/C14H20N2O3/c1-18-9-11-2-3-12-13(19-11)5-7-16(12)14(17)10-4-6-15-8-10/h4,6,8,11-13,15H,2-3,5,7,9H2,1H3/t11-,12-,13-/m1/s1. The Labute approximate surface area is 112 Å². The summed E-state index contributed by atoms with van der Waals surface area (Å²) in [7, 11) is 1.70. The number of fused-ring (bicyclic) bond motifs is 1. The average Bonchev–Trinajstić information content (AvgIpc) is 3.07. The highest BCUT2D eigenvalue weighted by molar-refractivity contribution is 5.94. The van der Waals surface area contributed by atoms with Gasteiger partial charge in [-0.2, -0.15) is 0 Å². The monoisotopic (exact) mass is 264 g/mol. The lowest BCUT2D eigenvalue weighted by Gasteiger charge is -2.35. The molecule has 0 aromatic carbocycles. The molecule has 2 fully saturated rings. The Kier molecular flexibility index (Phi) is 3.57. The van der Waals surface area contributed by atoms with Crippen molar-refractivity contribution in [1.29, 1.82) is 0 Å². The van der Waals surface area contributed by atoms with Gasteiger partial charge < -0.3 is 19.4 Å². The van der Waals surface area contributed by atoms with Crippen LogP contribution in [0.5, 0.6) is 0 Å². The van der Waals surface area contributed by atoms with E-state index < -0.39 is 0 Å². The van der Waals surface area contributed by atoms with Gasteiger partial charge in [-0.05, 0) is 25.3 Å². The largest absolute Gasteiger partial charge is 0.382 e. The molecule has 1 aromatic rings. The molecule has 0 saturated carbocycles. The second-order valence-corrected chi connectivity index (χ2v) is 5.28. The number of carbonyl (C=O) groups is 1. The molecule has 3 rings (SSSR count). The van der Waals surface area contributed by atoms with E-state index in [2.05, 4.69) is 4.98 Å². The zero-order chi connectivity index (χ0) is 13.2. The summed E-state index contributed by atoms with van der Waals surface area (Å²) in [6, 6.07) is 2.06. The van der Waals surface area contributed by atoms with Crippen LogP contribution in [0.4, 0.5) is 0 Å². The first-order valence-corrected chi connectivity index (χ1v) is 6.87. The summed E-state index contributed by atoms with van der Waals surface area (Å²) < 4.78 is 11.2. The van der Waals surface area contributed by atoms with Gasteiger partial charge in [-0.25, -0.2) is 0 Å². The number of carbonyl (C=O) groups excluding carboxylic acids is 1. The van der Waals surface area contributed by atoms with Crippen LogP contribution < -0.4 is 0 Å². The number of aromatic nitrogens is 1. The maximum atomic E-state index is 12.4. The molecule has 2 aliphatic heterocycles. The molecule has 1 N–H and O–H groups in total. The smallest absolute Gasteiger partial charge is 0.255 e. The van der Waals surface area contributed by atoms with Crippen molar-refractivity contribution in [3.63, 3.8) is 0 Å². The maximum absolute atomic E-state index is 12.4. The van der Waals surface area contributed by atoms with Crippen LogP contribution in [0.25, 0.3) is 0 Å². The van der Waals surface area contributed by atoms with E-state index in [9.17, 15) is 4.79 Å². The zero-order valence-electron chi connectivity index (χ0n) is 11.2. The Balaban J connectivity index is 1.66. The Bertz CT molecular complexity index is 432. The van der Waals surface area contributed by atoms with Crippen LogP contribution in [-0.4, -0.2) is 54.3 Å². The highest BCUT2D eigenvalue weighted by Gasteiger charge is 2.42. The van der Waals surface area contributed by atoms with E-state index in [0.717, 1.165) is 31.4 Å². The lowest BCUT2D eigenvalue weighted by atomic mass is 9.99. The van der Waals surface area contributed by atoms with Crippen molar-refractivity contribution in [2.45, 2.75) is 37.5 Å². The van der Waals surface area contributed by atoms with Gasteiger partial charge in [0.2, 0.25) is 0 Å². The minimum atomic E-state index is 0.113. The molecule has 1 aromatic heterocycles. The highest BCUT2D eigenvalue weighted by atomic mass is 16.5. The van der Waals surface area contributed by atoms with Gasteiger partial charge in [0.05, 0.1) is 30.4 Å². The predicted molar refractivity (Wildman–Crippen MR) is 70.0 cm³/mol. The predicted octanol–water partition coefficient (Wildman–Crippen LogP) is 1.42. The minimum Gasteiger partial charge on any atom is -0.382 e. The number of likely N-dealkylation sites (tertiary alicyclic amines) is 1. The molecular formula is C14H20N2O3. The third-order valence-corrected chi connectivity index (χ3v) is 4.09. The van der Waals surface area contributed by atoms with Gasteiger partial charge in [-0.3, -0.25) is 4.79 Å². The van der Waals surface area contributed by atoms with Gasteiger partial charge in [0.1, 0.15) is 0 Å². The molecule has 3 atom stereocenters. The second kappa shape index (κ2) is 5.35. The number of rotatable bonds is 3. The van der Waals surface area contributed by atoms with Crippen molar-refractivity contribution in [3.05, 3.63) is 24.0 Å². The molecular weight excluding hydrogens is 244 g/mol. The second-order valence-electron chi connectivity index (χ2n) is 5.28. The van der Waals surface area contributed by atoms with Gasteiger partial charge in [0.25, 0.3) is 5.91 Å². The molecule has 2 aliphatic rings. The van der Waals surface area contributed by atoms with Gasteiger partial charge in [0, 0.05) is 26.0 Å². The lowest BCUT2D eigenvalue weighted by molar-refractivity contribution is -0.0902. The average molecular weight is 264 g/mol. The van der Waals surface area contributed by atoms with Gasteiger partial charge in [-0.15, -0.1) is 0 Å². The van der Waals surface area contributed by atoms with Crippen LogP contribution in [0, 0.1) is 0 Å². The molecule has 2 saturated heterocycles. The SMILES string of the molecule is COC[C@H]1CC[C@@H]2[C@@H](CCN2C(=O)c2cc[nH]c2)O1. The number of aromatic amines is 1. The summed E-state index contributed by atoms with van der Waals surface area (Å²) in [6.45, 7) is 1.44. The minimum absolute atomic E-state index is 0.113. The maximum Gasteiger partial charge on any atom is 0.255 e. The Morgan fingerprint density at radius 2 is 2.42 bits per heavy atom. The number of amides is 1. The van der Waals surface area contributed by atoms with Crippen molar-refractivity contribution >= 4 is 5.91 Å². The van der Waals surface area contributed by atoms with Crippen LogP contribution in [0.1, 0.15) is 29.6 Å². The third kappa shape index (κ3) is 2.40. The van der Waals surface area contributed by atoms with Crippen molar-refractivity contribution in [2.24, 2.45) is 0 Å². The lowest BCUT2D eigenvalue weighted by Crippen LogP contribution is -2.45. The molecule has 19 heavy (non-hydrogen) atoms. The summed E-state index contributed by atoms with van der Waals surface area (Å²) >= 11 is 0. The molecule has 104 valence electrons. The van der Waals surface area contributed by atoms with E-state index in [4.69, 9.17) is 9.47 Å². The van der Waals surface area contributed by atoms with Crippen LogP contribution >= 0.6 is 0 Å². The molecule has 0 bridgehead atoms. The normalized spacial score (nSPS) is 30.4. The first kappa shape index (κ1) is 12.7. The molecule has 1 amide bonds. The number of nitrogens with zero attached hydrogens (tertiary/aromatic N) is 1. The number of H-pyrrole nitrogens is 1. The van der Waals surface area contributed by atoms with E-state index in [1.807, 2.05) is 11.0 Å². The summed E-state index contributed by atoms with van der Waals surface area (Å²) in [5, 5.41) is 0. The fourth-order valence-corrected chi connectivity index (χ4v) is 3.18. The Morgan fingerprint density at radius 3 is 3.16 bits per heavy atom. The van der Waals surface area contributed by atoms with Crippen LogP contribution in [0.15, 0.2) is 18.5 Å². The topological polar surface area (TPSA) is 54.6 Å². The molecule has 0 spiro atoms. The Hall–Kier alpha value is -1.33. The van der Waals surface area contributed by atoms with Crippen molar-refractivity contribution in [2.75, 3.05) is 20.3 Å². The number of methoxy groups -OCH3 is 1. The zero-order valence-corrected chi connectivity index (χ0v) is 11.2. The molecule has 0 unspecified atom stereocenters. The van der Waals surface area contributed by atoms with Crippen molar-refractivity contribution in [3.8, 4) is 0 Å². The molecule has 0 aliphatic carbocycles. The quantitative estimate of drug-likeness (QED) is 0.898. The van der Waals surface area contributed by atoms with Gasteiger partial charge in [0.15, 0.2) is 0 Å². The molecule has 5 heteroatoms. The Morgan fingerprint density at radius 1 is 1.53 bits per heavy atom. The van der Waals surface area contributed by atoms with Gasteiger partial charge in [-0.1, -0.05) is 0 Å². The van der Waals surface area contributed by atoms with Crippen LogP contribution in [0.2, 0.25) is 0 Å². The van der Waals surface area contributed by atoms with Crippen LogP contribution in [0.3, 0.4) is 0 Å². The van der Waals surface area contributed by atoms with Crippen molar-refractivity contribution < 1.29 is 14.3 Å². The van der Waals surface area contributed by atoms with E-state index in [1.54, 1.807) is 19.5 Å². The van der Waals surface area contributed by atoms with Gasteiger partial charge >= 0.3 is 0 Å². The first-order valence-electron chi connectivity index (χ1n) is 6.87. The van der Waals surface area contributed by atoms with E-state index in [0.29, 0.717) is 6.61 Å². The highest BCUT2D eigenvalue weighted by Crippen LogP contribution is 2.32. The number of ether oxygens (including phenoxy) is 2. The summed E-state index contributed by atoms with van der Waals surface area (Å²) in [4.78, 5) is 17.3. The summed E-state index contributed by atoms with van der Waals surface area (Å²) in [6.07, 6.45) is 6.81. The summed E-state index contributed by atoms with van der Waals surface area (Å²) in [5.74, 6) is 0.113.